The summed E-state index contributed by atoms with van der Waals surface area (Å²) in [6, 6.07) is 13.6. The predicted octanol–water partition coefficient (Wildman–Crippen LogP) is 4.40. The highest BCUT2D eigenvalue weighted by atomic mass is 35.5. The molecule has 2 bridgehead atoms. The standard InChI is InChI=1S/C30H36ClN3O5/c1-18-11-10-14-21(31)24(18)33-27(37)25-30-17-19(2)29(3,39-30)22(26(36)32-20-12-6-4-7-13-20)23(30)28(38)34(25)15-8-5-9-16-35/h4,6-7,10-14,19,22-23,25,35H,5,8-9,15-17H2,1-3H3,(H,32,36)(H,33,37)/t19?,22-,23+,25?,29+,30?/m1/s1. The van der Waals surface area contributed by atoms with Crippen LogP contribution in [0.4, 0.5) is 11.4 Å². The first kappa shape index (κ1) is 27.6. The fraction of sp³-hybridized carbons (Fsp3) is 0.500. The number of rotatable bonds is 9. The number of aliphatic hydroxyl groups is 1. The fourth-order valence-corrected chi connectivity index (χ4v) is 7.24. The number of hydrogen-bond donors (Lipinski definition) is 3. The van der Waals surface area contributed by atoms with Gasteiger partial charge in [0.2, 0.25) is 17.7 Å². The van der Waals surface area contributed by atoms with Crippen molar-refractivity contribution in [2.75, 3.05) is 23.8 Å². The van der Waals surface area contributed by atoms with Crippen LogP contribution in [0.3, 0.4) is 0 Å². The molecule has 9 heteroatoms. The van der Waals surface area contributed by atoms with Crippen LogP contribution in [0.2, 0.25) is 5.02 Å². The van der Waals surface area contributed by atoms with Crippen LogP contribution in [0.1, 0.15) is 45.1 Å². The van der Waals surface area contributed by atoms with Crippen molar-refractivity contribution < 1.29 is 24.2 Å². The molecule has 5 rings (SSSR count). The number of halogens is 1. The molecular formula is C30H36ClN3O5. The van der Waals surface area contributed by atoms with E-state index < -0.39 is 29.1 Å². The van der Waals surface area contributed by atoms with Crippen LogP contribution in [0.5, 0.6) is 0 Å². The fourth-order valence-electron chi connectivity index (χ4n) is 6.97. The number of nitrogens with zero attached hydrogens (tertiary/aromatic N) is 1. The minimum atomic E-state index is -1.14. The zero-order chi connectivity index (χ0) is 27.9. The van der Waals surface area contributed by atoms with Gasteiger partial charge in [-0.2, -0.15) is 0 Å². The maximum atomic E-state index is 14.2. The Morgan fingerprint density at radius 1 is 1.08 bits per heavy atom. The lowest BCUT2D eigenvalue weighted by atomic mass is 9.62. The van der Waals surface area contributed by atoms with Gasteiger partial charge in [0.15, 0.2) is 0 Å². The lowest BCUT2D eigenvalue weighted by Gasteiger charge is -2.36. The number of likely N-dealkylation sites (tertiary alicyclic amines) is 1. The van der Waals surface area contributed by atoms with E-state index in [1.807, 2.05) is 51.1 Å². The summed E-state index contributed by atoms with van der Waals surface area (Å²) in [6.45, 7) is 6.18. The molecule has 2 aromatic rings. The summed E-state index contributed by atoms with van der Waals surface area (Å²) in [5.74, 6) is -2.49. The molecule has 1 spiro atoms. The largest absolute Gasteiger partial charge is 0.396 e. The van der Waals surface area contributed by atoms with E-state index in [4.69, 9.17) is 16.3 Å². The number of fused-ring (bicyclic) bond motifs is 1. The summed E-state index contributed by atoms with van der Waals surface area (Å²) in [7, 11) is 0. The van der Waals surface area contributed by atoms with Crippen molar-refractivity contribution >= 4 is 40.7 Å². The minimum Gasteiger partial charge on any atom is -0.396 e. The Hall–Kier alpha value is -2.94. The Bertz CT molecular complexity index is 1250. The van der Waals surface area contributed by atoms with E-state index in [-0.39, 0.29) is 30.2 Å². The molecule has 0 aliphatic carbocycles. The second-order valence-corrected chi connectivity index (χ2v) is 11.7. The number of ether oxygens (including phenoxy) is 1. The van der Waals surface area contributed by atoms with Gasteiger partial charge in [0.25, 0.3) is 0 Å². The van der Waals surface area contributed by atoms with E-state index in [9.17, 15) is 19.5 Å². The highest BCUT2D eigenvalue weighted by Crippen LogP contribution is 2.65. The van der Waals surface area contributed by atoms with Crippen molar-refractivity contribution in [3.05, 3.63) is 59.1 Å². The first-order valence-electron chi connectivity index (χ1n) is 13.7. The monoisotopic (exact) mass is 553 g/mol. The van der Waals surface area contributed by atoms with E-state index in [1.54, 1.807) is 23.1 Å². The molecule has 3 fully saturated rings. The smallest absolute Gasteiger partial charge is 0.250 e. The summed E-state index contributed by atoms with van der Waals surface area (Å²) in [4.78, 5) is 43.6. The third kappa shape index (κ3) is 4.52. The van der Waals surface area contributed by atoms with Gasteiger partial charge in [-0.05, 0) is 69.2 Å². The van der Waals surface area contributed by atoms with Crippen molar-refractivity contribution in [1.82, 2.24) is 4.90 Å². The molecule has 6 atom stereocenters. The third-order valence-corrected chi connectivity index (χ3v) is 9.23. The number of amides is 3. The lowest BCUT2D eigenvalue weighted by Crippen LogP contribution is -2.54. The van der Waals surface area contributed by atoms with Gasteiger partial charge in [0.1, 0.15) is 11.6 Å². The third-order valence-electron chi connectivity index (χ3n) is 8.91. The Balaban J connectivity index is 1.52. The van der Waals surface area contributed by atoms with E-state index in [0.717, 1.165) is 5.56 Å². The molecule has 3 N–H and O–H groups in total. The molecule has 8 nitrogen and oxygen atoms in total. The van der Waals surface area contributed by atoms with Gasteiger partial charge in [0.05, 0.1) is 28.1 Å². The average molecular weight is 554 g/mol. The molecule has 3 saturated heterocycles. The van der Waals surface area contributed by atoms with Crippen LogP contribution >= 0.6 is 11.6 Å². The molecule has 0 radical (unpaired) electrons. The average Bonchev–Trinajstić information content (AvgIpc) is 3.41. The number of unbranched alkanes of at least 4 members (excludes halogenated alkanes) is 2. The van der Waals surface area contributed by atoms with Gasteiger partial charge in [-0.15, -0.1) is 0 Å². The SMILES string of the molecule is Cc1cccc(Cl)c1NC(=O)C1N(CCCCCO)C(=O)[C@@H]2[C@H](C(=O)Nc3ccccc3)[C@@]3(C)OC12CC3C. The molecule has 3 aliphatic rings. The first-order valence-corrected chi connectivity index (χ1v) is 14.0. The van der Waals surface area contributed by atoms with Gasteiger partial charge in [-0.25, -0.2) is 0 Å². The highest BCUT2D eigenvalue weighted by molar-refractivity contribution is 6.34. The normalized spacial score (nSPS) is 30.9. The Labute approximate surface area is 234 Å². The van der Waals surface area contributed by atoms with Crippen molar-refractivity contribution in [3.8, 4) is 0 Å². The Kier molecular flexibility index (Phi) is 7.48. The van der Waals surface area contributed by atoms with E-state index in [1.165, 1.54) is 0 Å². The highest BCUT2D eigenvalue weighted by Gasteiger charge is 2.79. The zero-order valence-corrected chi connectivity index (χ0v) is 23.3. The van der Waals surface area contributed by atoms with E-state index >= 15 is 0 Å². The molecule has 2 aromatic carbocycles. The number of hydrogen-bond acceptors (Lipinski definition) is 5. The number of anilines is 2. The molecule has 0 aromatic heterocycles. The summed E-state index contributed by atoms with van der Waals surface area (Å²) in [5, 5.41) is 15.6. The summed E-state index contributed by atoms with van der Waals surface area (Å²) in [6.07, 6.45) is 2.43. The van der Waals surface area contributed by atoms with Crippen LogP contribution in [0.25, 0.3) is 0 Å². The molecule has 3 amide bonds. The van der Waals surface area contributed by atoms with Crippen LogP contribution in [-0.2, 0) is 19.1 Å². The van der Waals surface area contributed by atoms with Gasteiger partial charge in [-0.1, -0.05) is 48.9 Å². The van der Waals surface area contributed by atoms with Crippen molar-refractivity contribution in [2.45, 2.75) is 63.7 Å². The number of benzene rings is 2. The van der Waals surface area contributed by atoms with E-state index in [0.29, 0.717) is 48.6 Å². The van der Waals surface area contributed by atoms with Crippen LogP contribution in [0.15, 0.2) is 48.5 Å². The predicted molar refractivity (Wildman–Crippen MR) is 149 cm³/mol. The number of para-hydroxylation sites is 2. The van der Waals surface area contributed by atoms with Crippen molar-refractivity contribution in [2.24, 2.45) is 17.8 Å². The second-order valence-electron chi connectivity index (χ2n) is 11.3. The topological polar surface area (TPSA) is 108 Å². The summed E-state index contributed by atoms with van der Waals surface area (Å²) >= 11 is 6.44. The first-order chi connectivity index (χ1) is 18.6. The van der Waals surface area contributed by atoms with Crippen LogP contribution in [0, 0.1) is 24.7 Å². The Morgan fingerprint density at radius 2 is 1.82 bits per heavy atom. The number of carbonyl (C=O) groups excluding carboxylic acids is 3. The van der Waals surface area contributed by atoms with Gasteiger partial charge < -0.3 is 25.4 Å². The lowest BCUT2D eigenvalue weighted by molar-refractivity contribution is -0.144. The molecular weight excluding hydrogens is 518 g/mol. The maximum absolute atomic E-state index is 14.2. The van der Waals surface area contributed by atoms with Crippen molar-refractivity contribution in [3.63, 3.8) is 0 Å². The summed E-state index contributed by atoms with van der Waals surface area (Å²) < 4.78 is 6.76. The van der Waals surface area contributed by atoms with Gasteiger partial charge >= 0.3 is 0 Å². The van der Waals surface area contributed by atoms with Crippen molar-refractivity contribution in [1.29, 1.82) is 0 Å². The van der Waals surface area contributed by atoms with E-state index in [2.05, 4.69) is 10.6 Å². The number of carbonyl (C=O) groups is 3. The summed E-state index contributed by atoms with van der Waals surface area (Å²) in [5.41, 5.74) is -0.0886. The molecule has 39 heavy (non-hydrogen) atoms. The van der Waals surface area contributed by atoms with Gasteiger partial charge in [-0.3, -0.25) is 14.4 Å². The van der Waals surface area contributed by atoms with Crippen LogP contribution < -0.4 is 10.6 Å². The zero-order valence-electron chi connectivity index (χ0n) is 22.6. The molecule has 3 heterocycles. The molecule has 0 saturated carbocycles. The Morgan fingerprint density at radius 3 is 2.51 bits per heavy atom. The minimum absolute atomic E-state index is 0.0558. The second kappa shape index (κ2) is 10.6. The number of aryl methyl sites for hydroxylation is 1. The maximum Gasteiger partial charge on any atom is 0.250 e. The quantitative estimate of drug-likeness (QED) is 0.399. The molecule has 3 aliphatic heterocycles. The number of aliphatic hydroxyl groups excluding tert-OH is 1. The number of nitrogens with one attached hydrogen (secondary N) is 2. The molecule has 208 valence electrons. The van der Waals surface area contributed by atoms with Gasteiger partial charge in [0, 0.05) is 18.8 Å². The molecule has 3 unspecified atom stereocenters. The van der Waals surface area contributed by atoms with Crippen LogP contribution in [-0.4, -0.2) is 58.1 Å².